The van der Waals surface area contributed by atoms with E-state index in [4.69, 9.17) is 10.5 Å². The molecule has 2 nitrogen and oxygen atoms in total. The Morgan fingerprint density at radius 3 is 2.65 bits per heavy atom. The number of rotatable bonds is 6. The lowest BCUT2D eigenvalue weighted by atomic mass is 9.88. The zero-order valence-electron chi connectivity index (χ0n) is 10.3. The van der Waals surface area contributed by atoms with E-state index in [0.717, 1.165) is 18.9 Å². The van der Waals surface area contributed by atoms with Crippen molar-refractivity contribution in [3.8, 4) is 5.75 Å². The molecule has 0 aromatic heterocycles. The largest absolute Gasteiger partial charge is 0.490 e. The minimum Gasteiger partial charge on any atom is -0.490 e. The molecule has 0 radical (unpaired) electrons. The Morgan fingerprint density at radius 2 is 2.00 bits per heavy atom. The summed E-state index contributed by atoms with van der Waals surface area (Å²) >= 11 is 0. The van der Waals surface area contributed by atoms with E-state index in [9.17, 15) is 8.78 Å². The topological polar surface area (TPSA) is 35.2 Å². The molecule has 0 fully saturated rings. The summed E-state index contributed by atoms with van der Waals surface area (Å²) in [6, 6.07) is 3.92. The van der Waals surface area contributed by atoms with Crippen molar-refractivity contribution in [2.24, 2.45) is 11.1 Å². The summed E-state index contributed by atoms with van der Waals surface area (Å²) in [5.74, 6) is -1.84. The number of benzene rings is 1. The van der Waals surface area contributed by atoms with E-state index in [1.165, 1.54) is 12.1 Å². The van der Waals surface area contributed by atoms with E-state index in [-0.39, 0.29) is 11.2 Å². The fraction of sp³-hybridized carbons (Fsp3) is 0.538. The van der Waals surface area contributed by atoms with Gasteiger partial charge in [-0.05, 0) is 36.9 Å². The van der Waals surface area contributed by atoms with Crippen molar-refractivity contribution in [1.82, 2.24) is 0 Å². The number of hydrogen-bond acceptors (Lipinski definition) is 2. The van der Waals surface area contributed by atoms with E-state index in [0.29, 0.717) is 13.2 Å². The fourth-order valence-electron chi connectivity index (χ4n) is 1.43. The second-order valence-electron chi connectivity index (χ2n) is 4.87. The molecule has 0 bridgehead atoms. The standard InChI is InChI=1S/C13H19F2NO/c1-13(2,9-16)7-4-8-17-11-6-3-5-10(14)12(11)15/h3,5-6H,4,7-9,16H2,1-2H3. The third-order valence-corrected chi connectivity index (χ3v) is 2.72. The molecule has 0 atom stereocenters. The lowest BCUT2D eigenvalue weighted by Crippen LogP contribution is -2.24. The first-order valence-electron chi connectivity index (χ1n) is 5.73. The molecule has 1 aromatic rings. The maximum Gasteiger partial charge on any atom is 0.200 e. The van der Waals surface area contributed by atoms with Crippen LogP contribution in [-0.2, 0) is 0 Å². The predicted molar refractivity (Wildman–Crippen MR) is 63.9 cm³/mol. The summed E-state index contributed by atoms with van der Waals surface area (Å²) in [5.41, 5.74) is 5.65. The van der Waals surface area contributed by atoms with Gasteiger partial charge >= 0.3 is 0 Å². The molecule has 4 heteroatoms. The minimum atomic E-state index is -0.925. The van der Waals surface area contributed by atoms with Crippen LogP contribution in [0.5, 0.6) is 5.75 Å². The van der Waals surface area contributed by atoms with Crippen LogP contribution in [-0.4, -0.2) is 13.2 Å². The summed E-state index contributed by atoms with van der Waals surface area (Å²) in [6.07, 6.45) is 1.65. The normalized spacial score (nSPS) is 11.6. The van der Waals surface area contributed by atoms with Crippen LogP contribution in [0.25, 0.3) is 0 Å². The Hall–Kier alpha value is -1.16. The molecule has 0 heterocycles. The third kappa shape index (κ3) is 4.30. The van der Waals surface area contributed by atoms with E-state index in [1.807, 2.05) is 0 Å². The lowest BCUT2D eigenvalue weighted by Gasteiger charge is -2.21. The van der Waals surface area contributed by atoms with Crippen LogP contribution in [0.1, 0.15) is 26.7 Å². The van der Waals surface area contributed by atoms with Crippen molar-refractivity contribution in [3.05, 3.63) is 29.8 Å². The van der Waals surface area contributed by atoms with Gasteiger partial charge in [-0.2, -0.15) is 4.39 Å². The summed E-state index contributed by atoms with van der Waals surface area (Å²) in [5, 5.41) is 0. The number of ether oxygens (including phenoxy) is 1. The van der Waals surface area contributed by atoms with Crippen LogP contribution in [0, 0.1) is 17.0 Å². The van der Waals surface area contributed by atoms with Crippen molar-refractivity contribution < 1.29 is 13.5 Å². The second-order valence-corrected chi connectivity index (χ2v) is 4.87. The number of nitrogens with two attached hydrogens (primary N) is 1. The smallest absolute Gasteiger partial charge is 0.200 e. The quantitative estimate of drug-likeness (QED) is 0.779. The predicted octanol–water partition coefficient (Wildman–Crippen LogP) is 3.11. The molecule has 17 heavy (non-hydrogen) atoms. The van der Waals surface area contributed by atoms with Gasteiger partial charge in [0.05, 0.1) is 6.61 Å². The molecule has 0 aliphatic carbocycles. The van der Waals surface area contributed by atoms with Gasteiger partial charge in [-0.25, -0.2) is 4.39 Å². The Morgan fingerprint density at radius 1 is 1.29 bits per heavy atom. The first-order chi connectivity index (χ1) is 7.96. The molecule has 0 saturated heterocycles. The van der Waals surface area contributed by atoms with E-state index in [2.05, 4.69) is 13.8 Å². The minimum absolute atomic E-state index is 0.0319. The zero-order chi connectivity index (χ0) is 12.9. The molecular weight excluding hydrogens is 224 g/mol. The molecule has 0 saturated carbocycles. The van der Waals surface area contributed by atoms with Crippen LogP contribution in [0.4, 0.5) is 8.78 Å². The van der Waals surface area contributed by atoms with E-state index >= 15 is 0 Å². The van der Waals surface area contributed by atoms with Crippen molar-refractivity contribution in [2.45, 2.75) is 26.7 Å². The highest BCUT2D eigenvalue weighted by atomic mass is 19.2. The van der Waals surface area contributed by atoms with Crippen molar-refractivity contribution >= 4 is 0 Å². The van der Waals surface area contributed by atoms with Gasteiger partial charge in [0.1, 0.15) is 0 Å². The van der Waals surface area contributed by atoms with Crippen LogP contribution < -0.4 is 10.5 Å². The van der Waals surface area contributed by atoms with Crippen molar-refractivity contribution in [2.75, 3.05) is 13.2 Å². The summed E-state index contributed by atoms with van der Waals surface area (Å²) in [6.45, 7) is 5.09. The average molecular weight is 243 g/mol. The summed E-state index contributed by atoms with van der Waals surface area (Å²) in [7, 11) is 0. The van der Waals surface area contributed by atoms with Crippen LogP contribution >= 0.6 is 0 Å². The maximum atomic E-state index is 13.2. The molecule has 1 rings (SSSR count). The Kier molecular flexibility index (Phi) is 4.87. The van der Waals surface area contributed by atoms with Gasteiger partial charge < -0.3 is 10.5 Å². The molecule has 96 valence electrons. The van der Waals surface area contributed by atoms with Gasteiger partial charge in [-0.15, -0.1) is 0 Å². The molecule has 0 aliphatic rings. The highest BCUT2D eigenvalue weighted by Crippen LogP contribution is 2.22. The molecule has 0 aliphatic heterocycles. The van der Waals surface area contributed by atoms with Crippen LogP contribution in [0.15, 0.2) is 18.2 Å². The second kappa shape index (κ2) is 5.96. The summed E-state index contributed by atoms with van der Waals surface area (Å²) < 4.78 is 31.3. The summed E-state index contributed by atoms with van der Waals surface area (Å²) in [4.78, 5) is 0. The Balaban J connectivity index is 2.39. The maximum absolute atomic E-state index is 13.2. The Bertz CT molecular complexity index is 366. The van der Waals surface area contributed by atoms with E-state index < -0.39 is 11.6 Å². The van der Waals surface area contributed by atoms with Crippen LogP contribution in [0.2, 0.25) is 0 Å². The SMILES string of the molecule is CC(C)(CN)CCCOc1cccc(F)c1F. The molecule has 1 aromatic carbocycles. The highest BCUT2D eigenvalue weighted by Gasteiger charge is 2.15. The molecular formula is C13H19F2NO. The lowest BCUT2D eigenvalue weighted by molar-refractivity contribution is 0.251. The van der Waals surface area contributed by atoms with Gasteiger partial charge in [0, 0.05) is 0 Å². The first kappa shape index (κ1) is 13.9. The first-order valence-corrected chi connectivity index (χ1v) is 5.73. The zero-order valence-corrected chi connectivity index (χ0v) is 10.3. The van der Waals surface area contributed by atoms with Crippen molar-refractivity contribution in [1.29, 1.82) is 0 Å². The van der Waals surface area contributed by atoms with Gasteiger partial charge in [0.2, 0.25) is 5.82 Å². The molecule has 0 unspecified atom stereocenters. The third-order valence-electron chi connectivity index (χ3n) is 2.72. The monoisotopic (exact) mass is 243 g/mol. The Labute approximate surface area is 101 Å². The highest BCUT2D eigenvalue weighted by molar-refractivity contribution is 5.24. The number of hydrogen-bond donors (Lipinski definition) is 1. The van der Waals surface area contributed by atoms with Gasteiger partial charge in [0.15, 0.2) is 11.6 Å². The number of halogens is 2. The van der Waals surface area contributed by atoms with E-state index in [1.54, 1.807) is 0 Å². The van der Waals surface area contributed by atoms with Gasteiger partial charge in [-0.1, -0.05) is 19.9 Å². The average Bonchev–Trinajstić information content (AvgIpc) is 2.30. The molecule has 0 spiro atoms. The molecule has 0 amide bonds. The van der Waals surface area contributed by atoms with Gasteiger partial charge in [-0.3, -0.25) is 0 Å². The molecule has 2 N–H and O–H groups in total. The van der Waals surface area contributed by atoms with Crippen LogP contribution in [0.3, 0.4) is 0 Å². The fourth-order valence-corrected chi connectivity index (χ4v) is 1.43. The van der Waals surface area contributed by atoms with Gasteiger partial charge in [0.25, 0.3) is 0 Å². The van der Waals surface area contributed by atoms with Crippen molar-refractivity contribution in [3.63, 3.8) is 0 Å².